The molecule has 1 aliphatic heterocycles. The lowest BCUT2D eigenvalue weighted by Gasteiger charge is -2.43. The van der Waals surface area contributed by atoms with E-state index in [0.717, 1.165) is 27.9 Å². The van der Waals surface area contributed by atoms with Crippen molar-refractivity contribution in [1.29, 1.82) is 0 Å². The molecular formula is C35H43N3O5. The third-order valence-corrected chi connectivity index (χ3v) is 7.89. The lowest BCUT2D eigenvalue weighted by Crippen LogP contribution is -2.59. The number of fused-ring (bicyclic) bond motifs is 1. The highest BCUT2D eigenvalue weighted by Gasteiger charge is 2.44. The van der Waals surface area contributed by atoms with Crippen molar-refractivity contribution in [2.45, 2.75) is 84.5 Å². The van der Waals surface area contributed by atoms with Gasteiger partial charge in [0.15, 0.2) is 0 Å². The summed E-state index contributed by atoms with van der Waals surface area (Å²) in [5, 5.41) is 2.76. The molecule has 0 fully saturated rings. The van der Waals surface area contributed by atoms with E-state index in [0.29, 0.717) is 31.5 Å². The molecule has 1 atom stereocenters. The van der Waals surface area contributed by atoms with E-state index >= 15 is 0 Å². The smallest absolute Gasteiger partial charge is 0.411 e. The van der Waals surface area contributed by atoms with E-state index < -0.39 is 29.4 Å². The normalized spacial score (nSPS) is 15.3. The predicted molar refractivity (Wildman–Crippen MR) is 170 cm³/mol. The number of carbonyl (C=O) groups is 3. The van der Waals surface area contributed by atoms with E-state index in [2.05, 4.69) is 11.4 Å². The number of rotatable bonds is 7. The maximum Gasteiger partial charge on any atom is 0.411 e. The molecule has 0 saturated carbocycles. The van der Waals surface area contributed by atoms with Crippen molar-refractivity contribution in [2.24, 2.45) is 0 Å². The number of benzene rings is 3. The van der Waals surface area contributed by atoms with Crippen LogP contribution in [0.5, 0.6) is 0 Å². The third-order valence-electron chi connectivity index (χ3n) is 7.89. The summed E-state index contributed by atoms with van der Waals surface area (Å²) < 4.78 is 10.6. The molecule has 0 unspecified atom stereocenters. The van der Waals surface area contributed by atoms with Crippen molar-refractivity contribution in [1.82, 2.24) is 4.90 Å². The number of hydrogen-bond acceptors (Lipinski definition) is 5. The van der Waals surface area contributed by atoms with Crippen molar-refractivity contribution in [2.75, 3.05) is 17.3 Å². The first-order valence-electron chi connectivity index (χ1n) is 14.8. The van der Waals surface area contributed by atoms with E-state index in [-0.39, 0.29) is 5.91 Å². The monoisotopic (exact) mass is 585 g/mol. The van der Waals surface area contributed by atoms with Crippen molar-refractivity contribution < 1.29 is 23.9 Å². The number of nitrogens with zero attached hydrogens (tertiary/aromatic N) is 2. The van der Waals surface area contributed by atoms with Crippen molar-refractivity contribution in [3.63, 3.8) is 0 Å². The molecule has 43 heavy (non-hydrogen) atoms. The molecule has 1 heterocycles. The second-order valence-corrected chi connectivity index (χ2v) is 12.5. The fourth-order valence-corrected chi connectivity index (χ4v) is 5.36. The van der Waals surface area contributed by atoms with Crippen molar-refractivity contribution >= 4 is 29.5 Å². The van der Waals surface area contributed by atoms with Crippen LogP contribution in [-0.4, -0.2) is 47.3 Å². The van der Waals surface area contributed by atoms with Gasteiger partial charge < -0.3 is 14.4 Å². The van der Waals surface area contributed by atoms with Gasteiger partial charge in [0.2, 0.25) is 5.91 Å². The highest BCUT2D eigenvalue weighted by Crippen LogP contribution is 2.35. The molecule has 0 radical (unpaired) electrons. The average molecular weight is 586 g/mol. The van der Waals surface area contributed by atoms with Crippen LogP contribution in [0.25, 0.3) is 11.1 Å². The first-order valence-corrected chi connectivity index (χ1v) is 14.8. The van der Waals surface area contributed by atoms with Crippen LogP contribution >= 0.6 is 0 Å². The number of hydrogen-bond donors (Lipinski definition) is 1. The van der Waals surface area contributed by atoms with Gasteiger partial charge in [0.1, 0.15) is 11.6 Å². The van der Waals surface area contributed by atoms with Crippen LogP contribution in [0.2, 0.25) is 0 Å². The third kappa shape index (κ3) is 7.37. The zero-order valence-electron chi connectivity index (χ0n) is 26.3. The highest BCUT2D eigenvalue weighted by atomic mass is 16.6. The summed E-state index contributed by atoms with van der Waals surface area (Å²) in [7, 11) is 1.33. The van der Waals surface area contributed by atoms with Crippen LogP contribution in [0.3, 0.4) is 0 Å². The Balaban J connectivity index is 1.68. The SMILES string of the molecule is CCC(C)(C)N(C(=O)OC(C)(C)C)[C@@H]1CCc2ccccc2N(Cc2ccc(-c3ccccc3NC(=O)OC)cc2)C1=O. The molecule has 0 aromatic heterocycles. The van der Waals surface area contributed by atoms with Gasteiger partial charge in [-0.05, 0) is 82.7 Å². The number of methoxy groups -OCH3 is 1. The summed E-state index contributed by atoms with van der Waals surface area (Å²) in [6, 6.07) is 22.7. The zero-order valence-corrected chi connectivity index (χ0v) is 26.3. The molecule has 8 heteroatoms. The number of anilines is 2. The Labute approximate surface area is 255 Å². The van der Waals surface area contributed by atoms with Gasteiger partial charge in [0.25, 0.3) is 0 Å². The van der Waals surface area contributed by atoms with Gasteiger partial charge in [-0.2, -0.15) is 0 Å². The predicted octanol–water partition coefficient (Wildman–Crippen LogP) is 7.81. The number of para-hydroxylation sites is 2. The van der Waals surface area contributed by atoms with Crippen LogP contribution in [0.1, 0.15) is 65.5 Å². The number of carbonyl (C=O) groups excluding carboxylic acids is 3. The number of nitrogens with one attached hydrogen (secondary N) is 1. The first kappa shape index (κ1) is 31.6. The Morgan fingerprint density at radius 1 is 0.953 bits per heavy atom. The van der Waals surface area contributed by atoms with Gasteiger partial charge in [0, 0.05) is 16.8 Å². The number of amides is 3. The molecule has 3 amide bonds. The van der Waals surface area contributed by atoms with E-state index in [1.807, 2.05) is 108 Å². The molecular weight excluding hydrogens is 542 g/mol. The van der Waals surface area contributed by atoms with Gasteiger partial charge in [-0.3, -0.25) is 15.0 Å². The molecule has 8 nitrogen and oxygen atoms in total. The van der Waals surface area contributed by atoms with Crippen LogP contribution in [0, 0.1) is 0 Å². The van der Waals surface area contributed by atoms with Crippen LogP contribution < -0.4 is 10.2 Å². The molecule has 4 rings (SSSR count). The molecule has 1 N–H and O–H groups in total. The molecule has 0 spiro atoms. The Bertz CT molecular complexity index is 1460. The summed E-state index contributed by atoms with van der Waals surface area (Å²) in [5.41, 5.74) is 3.97. The van der Waals surface area contributed by atoms with E-state index in [1.54, 1.807) is 9.80 Å². The summed E-state index contributed by atoms with van der Waals surface area (Å²) in [4.78, 5) is 43.4. The van der Waals surface area contributed by atoms with Crippen molar-refractivity contribution in [3.8, 4) is 11.1 Å². The van der Waals surface area contributed by atoms with Gasteiger partial charge in [-0.15, -0.1) is 0 Å². The summed E-state index contributed by atoms with van der Waals surface area (Å²) in [5.74, 6) is -0.131. The minimum Gasteiger partial charge on any atom is -0.453 e. The Morgan fingerprint density at radius 3 is 2.26 bits per heavy atom. The lowest BCUT2D eigenvalue weighted by molar-refractivity contribution is -0.126. The quantitative estimate of drug-likeness (QED) is 0.306. The maximum absolute atomic E-state index is 14.5. The number of ether oxygens (including phenoxy) is 2. The Hall–Kier alpha value is -4.33. The average Bonchev–Trinajstić information content (AvgIpc) is 3.09. The molecule has 228 valence electrons. The molecule has 3 aromatic carbocycles. The maximum atomic E-state index is 14.5. The summed E-state index contributed by atoms with van der Waals surface area (Å²) >= 11 is 0. The minimum absolute atomic E-state index is 0.131. The Morgan fingerprint density at radius 2 is 1.60 bits per heavy atom. The fraction of sp³-hybridized carbons (Fsp3) is 0.400. The minimum atomic E-state index is -0.692. The van der Waals surface area contributed by atoms with Crippen LogP contribution in [0.4, 0.5) is 21.0 Å². The standard InChI is InChI=1S/C35H43N3O5/c1-8-35(5,6)38(33(41)43-34(2,3)4)30-22-21-26-13-9-12-16-29(26)37(31(30)39)23-24-17-19-25(20-18-24)27-14-10-11-15-28(27)36-32(40)42-7/h9-20,30H,8,21-23H2,1-7H3,(H,36,40)/t30-/m1/s1. The molecule has 0 aliphatic carbocycles. The molecule has 1 aliphatic rings. The molecule has 3 aromatic rings. The summed E-state index contributed by atoms with van der Waals surface area (Å²) in [6.07, 6.45) is 0.801. The molecule has 0 saturated heterocycles. The number of aryl methyl sites for hydroxylation is 1. The summed E-state index contributed by atoms with van der Waals surface area (Å²) in [6.45, 7) is 11.8. The van der Waals surface area contributed by atoms with Gasteiger partial charge in [-0.1, -0.05) is 67.6 Å². The second-order valence-electron chi connectivity index (χ2n) is 12.5. The van der Waals surface area contributed by atoms with E-state index in [1.165, 1.54) is 7.11 Å². The first-order chi connectivity index (χ1) is 20.3. The van der Waals surface area contributed by atoms with E-state index in [9.17, 15) is 14.4 Å². The van der Waals surface area contributed by atoms with Crippen LogP contribution in [-0.2, 0) is 27.2 Å². The highest BCUT2D eigenvalue weighted by molar-refractivity contribution is 6.00. The fourth-order valence-electron chi connectivity index (χ4n) is 5.36. The molecule has 0 bridgehead atoms. The van der Waals surface area contributed by atoms with Gasteiger partial charge in [0.05, 0.1) is 19.3 Å². The van der Waals surface area contributed by atoms with Crippen molar-refractivity contribution in [3.05, 3.63) is 83.9 Å². The van der Waals surface area contributed by atoms with E-state index in [4.69, 9.17) is 9.47 Å². The second kappa shape index (κ2) is 12.9. The largest absolute Gasteiger partial charge is 0.453 e. The van der Waals surface area contributed by atoms with Gasteiger partial charge in [-0.25, -0.2) is 9.59 Å². The van der Waals surface area contributed by atoms with Gasteiger partial charge >= 0.3 is 12.2 Å². The Kier molecular flexibility index (Phi) is 9.48. The van der Waals surface area contributed by atoms with Crippen LogP contribution in [0.15, 0.2) is 72.8 Å². The topological polar surface area (TPSA) is 88.2 Å². The zero-order chi connectivity index (χ0) is 31.4. The lowest BCUT2D eigenvalue weighted by atomic mass is 9.95.